The maximum Gasteiger partial charge on any atom is 0.337 e. The van der Waals surface area contributed by atoms with Crippen molar-refractivity contribution in [3.05, 3.63) is 29.3 Å². The molecular weight excluding hydrogens is 178 g/mol. The molecule has 3 nitrogen and oxygen atoms in total. The van der Waals surface area contributed by atoms with E-state index in [0.29, 0.717) is 5.56 Å². The fourth-order valence-corrected chi connectivity index (χ4v) is 1.32. The molecule has 0 amide bonds. The zero-order valence-electron chi connectivity index (χ0n) is 8.76. The summed E-state index contributed by atoms with van der Waals surface area (Å²) in [6.07, 6.45) is 0. The van der Waals surface area contributed by atoms with E-state index in [1.807, 2.05) is 26.0 Å². The number of carbonyl (C=O) groups is 1. The zero-order valence-corrected chi connectivity index (χ0v) is 8.76. The summed E-state index contributed by atoms with van der Waals surface area (Å²) in [5.74, 6) is -0.298. The van der Waals surface area contributed by atoms with Gasteiger partial charge in [-0.05, 0) is 37.6 Å². The first kappa shape index (κ1) is 10.6. The van der Waals surface area contributed by atoms with Crippen LogP contribution in [0.2, 0.25) is 0 Å². The minimum atomic E-state index is -0.298. The minimum Gasteiger partial charge on any atom is -0.465 e. The van der Waals surface area contributed by atoms with Crippen molar-refractivity contribution in [1.29, 1.82) is 0 Å². The van der Waals surface area contributed by atoms with E-state index in [4.69, 9.17) is 0 Å². The van der Waals surface area contributed by atoms with Crippen molar-refractivity contribution in [3.63, 3.8) is 0 Å². The molecule has 3 heteroatoms. The lowest BCUT2D eigenvalue weighted by atomic mass is 10.1. The molecule has 1 N–H and O–H groups in total. The number of hydrogen-bond donors (Lipinski definition) is 1. The van der Waals surface area contributed by atoms with E-state index < -0.39 is 0 Å². The van der Waals surface area contributed by atoms with Gasteiger partial charge in [-0.15, -0.1) is 0 Å². The lowest BCUT2D eigenvalue weighted by molar-refractivity contribution is 0.0600. The maximum atomic E-state index is 11.3. The van der Waals surface area contributed by atoms with Crippen molar-refractivity contribution >= 4 is 11.7 Å². The topological polar surface area (TPSA) is 38.3 Å². The van der Waals surface area contributed by atoms with Crippen LogP contribution in [0.3, 0.4) is 0 Å². The Hall–Kier alpha value is -1.51. The molecule has 1 rings (SSSR count). The lowest BCUT2D eigenvalue weighted by Gasteiger charge is -2.07. The summed E-state index contributed by atoms with van der Waals surface area (Å²) in [4.78, 5) is 11.3. The highest BCUT2D eigenvalue weighted by Gasteiger charge is 2.06. The third-order valence-corrected chi connectivity index (χ3v) is 1.88. The van der Waals surface area contributed by atoms with Crippen molar-refractivity contribution < 1.29 is 9.53 Å². The Bertz CT molecular complexity index is 334. The van der Waals surface area contributed by atoms with Crippen LogP contribution in [0.25, 0.3) is 0 Å². The van der Waals surface area contributed by atoms with Gasteiger partial charge in [-0.25, -0.2) is 4.79 Å². The first-order chi connectivity index (χ1) is 6.67. The predicted octanol–water partition coefficient (Wildman–Crippen LogP) is 2.21. The molecule has 0 saturated carbocycles. The summed E-state index contributed by atoms with van der Waals surface area (Å²) in [6, 6.07) is 5.60. The van der Waals surface area contributed by atoms with Gasteiger partial charge >= 0.3 is 5.97 Å². The van der Waals surface area contributed by atoms with E-state index >= 15 is 0 Å². The van der Waals surface area contributed by atoms with Crippen LogP contribution in [0.1, 0.15) is 22.8 Å². The zero-order chi connectivity index (χ0) is 10.6. The van der Waals surface area contributed by atoms with Gasteiger partial charge in [0.05, 0.1) is 12.7 Å². The highest BCUT2D eigenvalue weighted by atomic mass is 16.5. The highest BCUT2D eigenvalue weighted by molar-refractivity contribution is 5.90. The second kappa shape index (κ2) is 4.65. The van der Waals surface area contributed by atoms with Crippen molar-refractivity contribution in [2.24, 2.45) is 0 Å². The number of carbonyl (C=O) groups excluding carboxylic acids is 1. The van der Waals surface area contributed by atoms with Gasteiger partial charge in [0.15, 0.2) is 0 Å². The number of nitrogens with one attached hydrogen (secondary N) is 1. The van der Waals surface area contributed by atoms with Crippen LogP contribution in [-0.4, -0.2) is 19.6 Å². The van der Waals surface area contributed by atoms with E-state index in [2.05, 4.69) is 10.1 Å². The van der Waals surface area contributed by atoms with Crippen LogP contribution in [0.5, 0.6) is 0 Å². The van der Waals surface area contributed by atoms with Gasteiger partial charge in [-0.3, -0.25) is 0 Å². The second-order valence-electron chi connectivity index (χ2n) is 3.11. The van der Waals surface area contributed by atoms with Gasteiger partial charge in [0, 0.05) is 12.2 Å². The predicted molar refractivity (Wildman–Crippen MR) is 56.7 cm³/mol. The fraction of sp³-hybridized carbons (Fsp3) is 0.364. The molecule has 0 fully saturated rings. The Balaban J connectivity index is 3.00. The number of methoxy groups -OCH3 is 1. The van der Waals surface area contributed by atoms with Gasteiger partial charge in [-0.2, -0.15) is 0 Å². The van der Waals surface area contributed by atoms with Crippen LogP contribution in [0, 0.1) is 6.92 Å². The molecule has 0 aliphatic carbocycles. The maximum absolute atomic E-state index is 11.3. The Labute approximate surface area is 84.1 Å². The van der Waals surface area contributed by atoms with Crippen LogP contribution in [0.4, 0.5) is 5.69 Å². The molecule has 0 heterocycles. The van der Waals surface area contributed by atoms with Gasteiger partial charge in [-0.1, -0.05) is 0 Å². The van der Waals surface area contributed by atoms with Crippen LogP contribution < -0.4 is 5.32 Å². The first-order valence-corrected chi connectivity index (χ1v) is 4.61. The number of rotatable bonds is 3. The number of esters is 1. The van der Waals surface area contributed by atoms with Gasteiger partial charge < -0.3 is 10.1 Å². The number of benzene rings is 1. The van der Waals surface area contributed by atoms with E-state index in [9.17, 15) is 4.79 Å². The summed E-state index contributed by atoms with van der Waals surface area (Å²) in [6.45, 7) is 4.80. The molecule has 0 unspecified atom stereocenters. The third-order valence-electron chi connectivity index (χ3n) is 1.88. The molecule has 1 aromatic carbocycles. The summed E-state index contributed by atoms with van der Waals surface area (Å²) in [7, 11) is 1.39. The third kappa shape index (κ3) is 2.49. The summed E-state index contributed by atoms with van der Waals surface area (Å²) >= 11 is 0. The van der Waals surface area contributed by atoms with Gasteiger partial charge in [0.1, 0.15) is 0 Å². The average molecular weight is 193 g/mol. The molecule has 14 heavy (non-hydrogen) atoms. The summed E-state index contributed by atoms with van der Waals surface area (Å²) in [5.41, 5.74) is 2.58. The summed E-state index contributed by atoms with van der Waals surface area (Å²) in [5, 5.41) is 3.16. The molecule has 0 aliphatic heterocycles. The van der Waals surface area contributed by atoms with Crippen LogP contribution in [0.15, 0.2) is 18.2 Å². The molecule has 76 valence electrons. The Morgan fingerprint density at radius 1 is 1.43 bits per heavy atom. The quantitative estimate of drug-likeness (QED) is 0.748. The van der Waals surface area contributed by atoms with E-state index in [0.717, 1.165) is 17.8 Å². The SMILES string of the molecule is CCNc1cc(C)cc(C(=O)OC)c1. The average Bonchev–Trinajstić information content (AvgIpc) is 2.16. The lowest BCUT2D eigenvalue weighted by Crippen LogP contribution is -2.04. The Morgan fingerprint density at radius 2 is 2.14 bits per heavy atom. The van der Waals surface area contributed by atoms with Gasteiger partial charge in [0.25, 0.3) is 0 Å². The molecule has 0 bridgehead atoms. The molecule has 0 radical (unpaired) electrons. The number of aryl methyl sites for hydroxylation is 1. The van der Waals surface area contributed by atoms with E-state index in [1.165, 1.54) is 7.11 Å². The highest BCUT2D eigenvalue weighted by Crippen LogP contribution is 2.14. The van der Waals surface area contributed by atoms with Crippen LogP contribution in [-0.2, 0) is 4.74 Å². The monoisotopic (exact) mass is 193 g/mol. The summed E-state index contributed by atoms with van der Waals surface area (Å²) < 4.78 is 4.66. The van der Waals surface area contributed by atoms with Crippen molar-refractivity contribution in [1.82, 2.24) is 0 Å². The van der Waals surface area contributed by atoms with Crippen LogP contribution >= 0.6 is 0 Å². The largest absolute Gasteiger partial charge is 0.465 e. The van der Waals surface area contributed by atoms with E-state index in [1.54, 1.807) is 6.07 Å². The molecule has 0 saturated heterocycles. The standard InChI is InChI=1S/C11H15NO2/c1-4-12-10-6-8(2)5-9(7-10)11(13)14-3/h5-7,12H,4H2,1-3H3. The van der Waals surface area contributed by atoms with E-state index in [-0.39, 0.29) is 5.97 Å². The second-order valence-corrected chi connectivity index (χ2v) is 3.11. The molecule has 0 spiro atoms. The van der Waals surface area contributed by atoms with Crippen molar-refractivity contribution in [2.45, 2.75) is 13.8 Å². The first-order valence-electron chi connectivity index (χ1n) is 4.61. The number of anilines is 1. The number of hydrogen-bond acceptors (Lipinski definition) is 3. The smallest absolute Gasteiger partial charge is 0.337 e. The number of ether oxygens (including phenoxy) is 1. The molecule has 0 atom stereocenters. The van der Waals surface area contributed by atoms with Crippen molar-refractivity contribution in [3.8, 4) is 0 Å². The molecular formula is C11H15NO2. The fourth-order valence-electron chi connectivity index (χ4n) is 1.32. The minimum absolute atomic E-state index is 0.298. The molecule has 0 aliphatic rings. The van der Waals surface area contributed by atoms with Gasteiger partial charge in [0.2, 0.25) is 0 Å². The normalized spacial score (nSPS) is 9.64. The Kier molecular flexibility index (Phi) is 3.51. The Morgan fingerprint density at radius 3 is 2.71 bits per heavy atom. The van der Waals surface area contributed by atoms with Crippen molar-refractivity contribution in [2.75, 3.05) is 19.0 Å². The molecule has 0 aromatic heterocycles. The molecule has 1 aromatic rings.